The highest BCUT2D eigenvalue weighted by atomic mass is 16.6. The van der Waals surface area contributed by atoms with Crippen LogP contribution in [-0.2, 0) is 14.3 Å². The minimum Gasteiger partial charge on any atom is -0.462 e. The van der Waals surface area contributed by atoms with E-state index in [1.807, 2.05) is 32.0 Å². The molecule has 0 radical (unpaired) electrons. The number of rotatable bonds is 2. The predicted octanol–water partition coefficient (Wildman–Crippen LogP) is 2.44. The molecule has 21 heavy (non-hydrogen) atoms. The lowest BCUT2D eigenvalue weighted by Crippen LogP contribution is -2.35. The summed E-state index contributed by atoms with van der Waals surface area (Å²) in [6.45, 7) is 4.08. The number of ether oxygens (including phenoxy) is 1. The summed E-state index contributed by atoms with van der Waals surface area (Å²) < 4.78 is 5.39. The van der Waals surface area contributed by atoms with Gasteiger partial charge in [-0.2, -0.15) is 0 Å². The third kappa shape index (κ3) is 1.81. The van der Waals surface area contributed by atoms with E-state index in [0.29, 0.717) is 5.92 Å². The number of fused-ring (bicyclic) bond motifs is 1. The summed E-state index contributed by atoms with van der Waals surface area (Å²) in [4.78, 5) is 24.6. The van der Waals surface area contributed by atoms with E-state index in [-0.39, 0.29) is 35.7 Å². The largest absolute Gasteiger partial charge is 0.462 e. The quantitative estimate of drug-likeness (QED) is 0.849. The van der Waals surface area contributed by atoms with E-state index in [2.05, 4.69) is 5.32 Å². The molecule has 1 aromatic carbocycles. The molecule has 0 aromatic heterocycles. The molecule has 3 aliphatic rings. The van der Waals surface area contributed by atoms with Crippen LogP contribution in [0.3, 0.4) is 0 Å². The van der Waals surface area contributed by atoms with E-state index in [4.69, 9.17) is 4.74 Å². The van der Waals surface area contributed by atoms with Gasteiger partial charge in [0.1, 0.15) is 6.10 Å². The molecule has 1 aromatic rings. The van der Waals surface area contributed by atoms with Gasteiger partial charge in [0.05, 0.1) is 11.8 Å². The zero-order valence-electron chi connectivity index (χ0n) is 12.3. The molecular weight excluding hydrogens is 266 g/mol. The van der Waals surface area contributed by atoms with Crippen molar-refractivity contribution in [3.63, 3.8) is 0 Å². The first-order valence-corrected chi connectivity index (χ1v) is 7.63. The fraction of sp³-hybridized carbons (Fsp3) is 0.529. The van der Waals surface area contributed by atoms with E-state index in [9.17, 15) is 9.59 Å². The molecule has 0 spiro atoms. The highest BCUT2D eigenvalue weighted by Crippen LogP contribution is 2.57. The van der Waals surface area contributed by atoms with Gasteiger partial charge < -0.3 is 10.1 Å². The van der Waals surface area contributed by atoms with Crippen LogP contribution in [0.15, 0.2) is 18.2 Å². The summed E-state index contributed by atoms with van der Waals surface area (Å²) in [5.41, 5.74) is 3.17. The van der Waals surface area contributed by atoms with E-state index >= 15 is 0 Å². The van der Waals surface area contributed by atoms with Crippen LogP contribution in [0.25, 0.3) is 0 Å². The van der Waals surface area contributed by atoms with Crippen molar-refractivity contribution < 1.29 is 14.3 Å². The molecule has 4 heteroatoms. The first kappa shape index (κ1) is 12.9. The maximum absolute atomic E-state index is 12.6. The number of amides is 1. The highest BCUT2D eigenvalue weighted by Gasteiger charge is 2.63. The van der Waals surface area contributed by atoms with Crippen molar-refractivity contribution >= 4 is 17.6 Å². The van der Waals surface area contributed by atoms with Crippen LogP contribution < -0.4 is 5.32 Å². The molecule has 1 saturated heterocycles. The average Bonchev–Trinajstić information content (AvgIpc) is 3.04. The predicted molar refractivity (Wildman–Crippen MR) is 77.6 cm³/mol. The molecule has 2 bridgehead atoms. The zero-order valence-corrected chi connectivity index (χ0v) is 12.3. The van der Waals surface area contributed by atoms with E-state index < -0.39 is 0 Å². The van der Waals surface area contributed by atoms with Gasteiger partial charge >= 0.3 is 5.97 Å². The average molecular weight is 285 g/mol. The number of carbonyl (C=O) groups is 2. The summed E-state index contributed by atoms with van der Waals surface area (Å²) in [5.74, 6) is -0.0116. The Morgan fingerprint density at radius 1 is 1.24 bits per heavy atom. The minimum atomic E-state index is -0.208. The second kappa shape index (κ2) is 4.33. The summed E-state index contributed by atoms with van der Waals surface area (Å²) in [5, 5.41) is 2.99. The van der Waals surface area contributed by atoms with Gasteiger partial charge in [-0.3, -0.25) is 9.59 Å². The number of carbonyl (C=O) groups excluding carboxylic acids is 2. The summed E-state index contributed by atoms with van der Waals surface area (Å²) in [7, 11) is 0. The molecule has 1 heterocycles. The molecule has 2 saturated carbocycles. The lowest BCUT2D eigenvalue weighted by Gasteiger charge is -2.23. The molecule has 2 aliphatic carbocycles. The number of nitrogens with one attached hydrogen (secondary N) is 1. The second-order valence-electron chi connectivity index (χ2n) is 6.71. The Morgan fingerprint density at radius 3 is 2.81 bits per heavy atom. The summed E-state index contributed by atoms with van der Waals surface area (Å²) in [6, 6.07) is 5.91. The Morgan fingerprint density at radius 2 is 2.05 bits per heavy atom. The van der Waals surface area contributed by atoms with Gasteiger partial charge in [-0.25, -0.2) is 0 Å². The third-order valence-corrected chi connectivity index (χ3v) is 5.56. The monoisotopic (exact) mass is 285 g/mol. The summed E-state index contributed by atoms with van der Waals surface area (Å²) >= 11 is 0. The number of hydrogen-bond donors (Lipinski definition) is 1. The van der Waals surface area contributed by atoms with E-state index in [1.165, 1.54) is 5.56 Å². The smallest absolute Gasteiger partial charge is 0.310 e. The van der Waals surface area contributed by atoms with Gasteiger partial charge in [-0.15, -0.1) is 0 Å². The molecular formula is C17H19NO3. The number of aryl methyl sites for hydroxylation is 2. The van der Waals surface area contributed by atoms with Gasteiger partial charge in [0, 0.05) is 11.6 Å². The highest BCUT2D eigenvalue weighted by molar-refractivity contribution is 5.97. The maximum atomic E-state index is 12.6. The molecule has 0 unspecified atom stereocenters. The lowest BCUT2D eigenvalue weighted by molar-refractivity contribution is -0.145. The molecule has 3 fully saturated rings. The Hall–Kier alpha value is -1.84. The van der Waals surface area contributed by atoms with Crippen LogP contribution in [0.1, 0.15) is 24.0 Å². The van der Waals surface area contributed by atoms with Crippen LogP contribution in [0, 0.1) is 37.5 Å². The van der Waals surface area contributed by atoms with Gasteiger partial charge in [0.25, 0.3) is 0 Å². The van der Waals surface area contributed by atoms with Crippen molar-refractivity contribution in [3.05, 3.63) is 29.3 Å². The Kier molecular flexibility index (Phi) is 2.65. The molecule has 1 aliphatic heterocycles. The minimum absolute atomic E-state index is 0.0203. The van der Waals surface area contributed by atoms with Crippen molar-refractivity contribution in [2.24, 2.45) is 23.7 Å². The fourth-order valence-corrected chi connectivity index (χ4v) is 4.41. The first-order chi connectivity index (χ1) is 10.0. The van der Waals surface area contributed by atoms with Crippen molar-refractivity contribution in [1.82, 2.24) is 0 Å². The number of hydrogen-bond acceptors (Lipinski definition) is 3. The molecule has 4 nitrogen and oxygen atoms in total. The Bertz CT molecular complexity index is 637. The van der Waals surface area contributed by atoms with Gasteiger partial charge in [0.2, 0.25) is 5.91 Å². The van der Waals surface area contributed by atoms with Crippen molar-refractivity contribution in [1.29, 1.82) is 0 Å². The molecule has 5 atom stereocenters. The molecule has 1 N–H and O–H groups in total. The Labute approximate surface area is 123 Å². The van der Waals surface area contributed by atoms with Crippen molar-refractivity contribution in [3.8, 4) is 0 Å². The van der Waals surface area contributed by atoms with Gasteiger partial charge in [0.15, 0.2) is 0 Å². The SMILES string of the molecule is Cc1ccc(NC(=O)[C@@H]2[C@@H]3C[C@@H]4[C@H]2C(=O)O[C@H]4C3)cc1C. The maximum Gasteiger partial charge on any atom is 0.310 e. The normalized spacial score (nSPS) is 35.9. The van der Waals surface area contributed by atoms with Gasteiger partial charge in [-0.05, 0) is 55.9 Å². The number of esters is 1. The van der Waals surface area contributed by atoms with E-state index in [0.717, 1.165) is 24.1 Å². The van der Waals surface area contributed by atoms with Gasteiger partial charge in [-0.1, -0.05) is 6.07 Å². The molecule has 1 amide bonds. The standard InChI is InChI=1S/C17H19NO3/c1-8-3-4-11(5-9(8)2)18-16(19)14-10-6-12-13(7-10)21-17(20)15(12)14/h3-5,10,12-15H,6-7H2,1-2H3,(H,18,19)/t10-,12+,13+,14-,15-/m1/s1. The van der Waals surface area contributed by atoms with Crippen LogP contribution in [0.4, 0.5) is 5.69 Å². The van der Waals surface area contributed by atoms with Crippen LogP contribution in [0.2, 0.25) is 0 Å². The third-order valence-electron chi connectivity index (χ3n) is 5.56. The second-order valence-corrected chi connectivity index (χ2v) is 6.71. The van der Waals surface area contributed by atoms with Crippen LogP contribution in [0.5, 0.6) is 0 Å². The van der Waals surface area contributed by atoms with Crippen LogP contribution in [-0.4, -0.2) is 18.0 Å². The first-order valence-electron chi connectivity index (χ1n) is 7.63. The van der Waals surface area contributed by atoms with Crippen LogP contribution >= 0.6 is 0 Å². The van der Waals surface area contributed by atoms with E-state index in [1.54, 1.807) is 0 Å². The van der Waals surface area contributed by atoms with Crippen molar-refractivity contribution in [2.75, 3.05) is 5.32 Å². The number of anilines is 1. The number of benzene rings is 1. The lowest BCUT2D eigenvalue weighted by atomic mass is 9.79. The Balaban J connectivity index is 1.55. The fourth-order valence-electron chi connectivity index (χ4n) is 4.41. The zero-order chi connectivity index (χ0) is 14.7. The topological polar surface area (TPSA) is 55.4 Å². The summed E-state index contributed by atoms with van der Waals surface area (Å²) in [6.07, 6.45) is 1.91. The molecule has 4 rings (SSSR count). The molecule has 110 valence electrons. The van der Waals surface area contributed by atoms with Crippen molar-refractivity contribution in [2.45, 2.75) is 32.8 Å².